The predicted octanol–water partition coefficient (Wildman–Crippen LogP) is 3.90. The predicted molar refractivity (Wildman–Crippen MR) is 128 cm³/mol. The molecule has 34 heavy (non-hydrogen) atoms. The van der Waals surface area contributed by atoms with Crippen LogP contribution in [-0.2, 0) is 12.8 Å². The van der Waals surface area contributed by atoms with Gasteiger partial charge in [-0.1, -0.05) is 27.7 Å². The molecule has 0 aromatic carbocycles. The van der Waals surface area contributed by atoms with Crippen molar-refractivity contribution in [3.63, 3.8) is 0 Å². The van der Waals surface area contributed by atoms with Gasteiger partial charge in [0.05, 0.1) is 12.2 Å². The van der Waals surface area contributed by atoms with Crippen molar-refractivity contribution in [3.8, 4) is 11.5 Å². The van der Waals surface area contributed by atoms with Crippen molar-refractivity contribution in [3.05, 3.63) is 56.6 Å². The van der Waals surface area contributed by atoms with Crippen LogP contribution in [0.2, 0.25) is 0 Å². The van der Waals surface area contributed by atoms with E-state index in [0.29, 0.717) is 62.9 Å². The van der Waals surface area contributed by atoms with Crippen LogP contribution in [-0.4, -0.2) is 32.6 Å². The quantitative estimate of drug-likeness (QED) is 0.340. The summed E-state index contributed by atoms with van der Waals surface area (Å²) in [6.07, 6.45) is 5.54. The molecule has 0 amide bonds. The van der Waals surface area contributed by atoms with Crippen LogP contribution >= 0.6 is 0 Å². The van der Waals surface area contributed by atoms with E-state index in [4.69, 9.17) is 8.83 Å². The zero-order valence-electron chi connectivity index (χ0n) is 20.5. The highest BCUT2D eigenvalue weighted by atomic mass is 16.4. The van der Waals surface area contributed by atoms with Crippen LogP contribution in [0.4, 0.5) is 0 Å². The maximum atomic E-state index is 11.6. The smallest absolute Gasteiger partial charge is 0.226 e. The van der Waals surface area contributed by atoms with Crippen LogP contribution in [0.25, 0.3) is 0 Å². The van der Waals surface area contributed by atoms with Crippen molar-refractivity contribution in [2.24, 2.45) is 10.8 Å². The minimum absolute atomic E-state index is 0.209. The van der Waals surface area contributed by atoms with Crippen molar-refractivity contribution < 1.29 is 29.3 Å². The number of aliphatic hydroxyl groups is 2. The van der Waals surface area contributed by atoms with E-state index in [2.05, 4.69) is 0 Å². The molecule has 0 radical (unpaired) electrons. The van der Waals surface area contributed by atoms with Gasteiger partial charge in [-0.2, -0.15) is 0 Å². The van der Waals surface area contributed by atoms with E-state index >= 15 is 0 Å². The molecule has 190 valence electrons. The summed E-state index contributed by atoms with van der Waals surface area (Å²) in [6, 6.07) is 2.58. The summed E-state index contributed by atoms with van der Waals surface area (Å²) < 4.78 is 10.6. The van der Waals surface area contributed by atoms with E-state index in [-0.39, 0.29) is 10.8 Å². The summed E-state index contributed by atoms with van der Waals surface area (Å²) in [5.74, 6) is 0.163. The van der Waals surface area contributed by atoms with E-state index in [1.165, 1.54) is 12.1 Å². The zero-order chi connectivity index (χ0) is 25.5. The minimum Gasteiger partial charge on any atom is -0.502 e. The van der Waals surface area contributed by atoms with Crippen molar-refractivity contribution in [2.75, 3.05) is 0 Å². The Morgan fingerprint density at radius 1 is 0.706 bits per heavy atom. The molecule has 2 heterocycles. The summed E-state index contributed by atoms with van der Waals surface area (Å²) >= 11 is 0. The summed E-state index contributed by atoms with van der Waals surface area (Å²) in [5.41, 5.74) is -1.36. The maximum absolute atomic E-state index is 11.6. The molecule has 2 unspecified atom stereocenters. The Morgan fingerprint density at radius 3 is 1.38 bits per heavy atom. The van der Waals surface area contributed by atoms with E-state index in [0.717, 1.165) is 12.5 Å². The molecule has 2 atom stereocenters. The fraction of sp³-hybridized carbons (Fsp3) is 0.615. The third-order valence-corrected chi connectivity index (χ3v) is 6.18. The Bertz CT molecular complexity index is 950. The summed E-state index contributed by atoms with van der Waals surface area (Å²) in [6.45, 7) is 8.11. The lowest BCUT2D eigenvalue weighted by Crippen LogP contribution is -2.22. The van der Waals surface area contributed by atoms with Crippen LogP contribution in [0, 0.1) is 10.8 Å². The van der Waals surface area contributed by atoms with Crippen LogP contribution in [0.5, 0.6) is 11.5 Å². The summed E-state index contributed by atoms with van der Waals surface area (Å²) in [4.78, 5) is 23.1. The fourth-order valence-corrected chi connectivity index (χ4v) is 3.98. The van der Waals surface area contributed by atoms with Gasteiger partial charge in [0.25, 0.3) is 0 Å². The van der Waals surface area contributed by atoms with Gasteiger partial charge in [0, 0.05) is 25.0 Å². The normalized spacial score (nSPS) is 14.2. The molecule has 0 saturated heterocycles. The Kier molecular flexibility index (Phi) is 9.53. The first-order valence-corrected chi connectivity index (χ1v) is 11.7. The molecule has 0 aliphatic rings. The van der Waals surface area contributed by atoms with Crippen molar-refractivity contribution >= 4 is 0 Å². The van der Waals surface area contributed by atoms with E-state index < -0.39 is 34.6 Å². The molecule has 8 nitrogen and oxygen atoms in total. The first-order chi connectivity index (χ1) is 15.8. The average Bonchev–Trinajstić information content (AvgIpc) is 2.74. The van der Waals surface area contributed by atoms with Gasteiger partial charge in [-0.3, -0.25) is 9.59 Å². The van der Waals surface area contributed by atoms with E-state index in [9.17, 15) is 30.0 Å². The number of aliphatic hydroxyl groups excluding tert-OH is 2. The van der Waals surface area contributed by atoms with Crippen LogP contribution < -0.4 is 10.9 Å². The van der Waals surface area contributed by atoms with Gasteiger partial charge in [-0.15, -0.1) is 0 Å². The topological polar surface area (TPSA) is 141 Å². The summed E-state index contributed by atoms with van der Waals surface area (Å²) in [5, 5.41) is 39.4. The molecule has 4 N–H and O–H groups in total. The average molecular weight is 479 g/mol. The lowest BCUT2D eigenvalue weighted by molar-refractivity contribution is 0.0871. The van der Waals surface area contributed by atoms with E-state index in [1.54, 1.807) is 0 Å². The number of rotatable bonds is 13. The number of hydrogen-bond donors (Lipinski definition) is 4. The monoisotopic (exact) mass is 478 g/mol. The Labute approximate surface area is 199 Å². The third-order valence-electron chi connectivity index (χ3n) is 6.18. The fourth-order valence-electron chi connectivity index (χ4n) is 3.98. The largest absolute Gasteiger partial charge is 0.502 e. The molecular weight excluding hydrogens is 440 g/mol. The first-order valence-electron chi connectivity index (χ1n) is 11.7. The SMILES string of the molecule is CC(C)(CCC(O)CCC(O)CCC(C)(C)Cc1cc(=O)c(O)co1)Cc1cc(=O)c(O)co1. The molecule has 0 fully saturated rings. The molecule has 2 rings (SSSR count). The molecular formula is C26H38O8. The van der Waals surface area contributed by atoms with Crippen molar-refractivity contribution in [2.45, 2.75) is 91.3 Å². The van der Waals surface area contributed by atoms with Gasteiger partial charge >= 0.3 is 0 Å². The molecule has 0 spiro atoms. The van der Waals surface area contributed by atoms with E-state index in [1.807, 2.05) is 27.7 Å². The number of hydrogen-bond acceptors (Lipinski definition) is 8. The van der Waals surface area contributed by atoms with Gasteiger partial charge in [-0.05, 0) is 49.4 Å². The van der Waals surface area contributed by atoms with Gasteiger partial charge in [0.15, 0.2) is 11.5 Å². The van der Waals surface area contributed by atoms with Crippen molar-refractivity contribution in [1.82, 2.24) is 0 Å². The van der Waals surface area contributed by atoms with Gasteiger partial charge < -0.3 is 29.3 Å². The second-order valence-electron chi connectivity index (χ2n) is 10.8. The molecule has 0 aliphatic carbocycles. The Morgan fingerprint density at radius 2 is 1.06 bits per heavy atom. The van der Waals surface area contributed by atoms with Crippen LogP contribution in [0.1, 0.15) is 77.7 Å². The van der Waals surface area contributed by atoms with Gasteiger partial charge in [0.2, 0.25) is 10.9 Å². The van der Waals surface area contributed by atoms with Crippen LogP contribution in [0.15, 0.2) is 43.1 Å². The second-order valence-corrected chi connectivity index (χ2v) is 10.8. The first kappa shape index (κ1) is 27.7. The maximum Gasteiger partial charge on any atom is 0.226 e. The lowest BCUT2D eigenvalue weighted by Gasteiger charge is -2.26. The van der Waals surface area contributed by atoms with Crippen LogP contribution in [0.3, 0.4) is 0 Å². The highest BCUT2D eigenvalue weighted by Gasteiger charge is 2.24. The summed E-state index contributed by atoms with van der Waals surface area (Å²) in [7, 11) is 0. The van der Waals surface area contributed by atoms with Crippen molar-refractivity contribution in [1.29, 1.82) is 0 Å². The molecule has 0 aliphatic heterocycles. The van der Waals surface area contributed by atoms with Gasteiger partial charge in [-0.25, -0.2) is 0 Å². The molecule has 2 aromatic rings. The lowest BCUT2D eigenvalue weighted by atomic mass is 9.81. The molecule has 2 aromatic heterocycles. The Hall–Kier alpha value is -2.58. The molecule has 0 saturated carbocycles. The Balaban J connectivity index is 1.72. The minimum atomic E-state index is -0.542. The molecule has 0 bridgehead atoms. The second kappa shape index (κ2) is 11.7. The standard InChI is InChI=1S/C26H38O8/c1-25(2,13-19-11-21(29)23(31)15-33-19)9-7-17(27)5-6-18(28)8-10-26(3,4)14-20-12-22(30)24(32)16-34-20/h11-12,15-18,27-28,31-32H,5-10,13-14H2,1-4H3. The highest BCUT2D eigenvalue weighted by Crippen LogP contribution is 2.30. The third kappa shape index (κ3) is 9.35. The molecule has 8 heteroatoms. The zero-order valence-corrected chi connectivity index (χ0v) is 20.5. The highest BCUT2D eigenvalue weighted by molar-refractivity contribution is 5.17. The number of aromatic hydroxyl groups is 2. The van der Waals surface area contributed by atoms with Gasteiger partial charge in [0.1, 0.15) is 24.0 Å².